The van der Waals surface area contributed by atoms with Crippen LogP contribution < -0.4 is 11.3 Å². The van der Waals surface area contributed by atoms with Gasteiger partial charge >= 0.3 is 0 Å². The average Bonchev–Trinajstić information content (AvgIpc) is 2.45. The number of hydrogen-bond donors (Lipinski definition) is 3. The molecule has 20 heavy (non-hydrogen) atoms. The minimum absolute atomic E-state index is 0.0706. The van der Waals surface area contributed by atoms with Crippen molar-refractivity contribution in [2.75, 3.05) is 25.1 Å². The van der Waals surface area contributed by atoms with Crippen LogP contribution in [0.3, 0.4) is 0 Å². The minimum Gasteiger partial charge on any atom is -0.395 e. The number of amides is 1. The highest BCUT2D eigenvalue weighted by Gasteiger charge is 2.19. The van der Waals surface area contributed by atoms with Gasteiger partial charge in [0.1, 0.15) is 5.69 Å². The average molecular weight is 282 g/mol. The first kappa shape index (κ1) is 15.9. The molecule has 0 aliphatic rings. The second-order valence-electron chi connectivity index (χ2n) is 4.15. The first-order valence-corrected chi connectivity index (χ1v) is 6.20. The monoisotopic (exact) mass is 282 g/mol. The minimum atomic E-state index is -0.582. The molecule has 0 saturated heterocycles. The highest BCUT2D eigenvalue weighted by molar-refractivity contribution is 5.96. The third kappa shape index (κ3) is 3.65. The Morgan fingerprint density at radius 3 is 2.70 bits per heavy atom. The lowest BCUT2D eigenvalue weighted by atomic mass is 10.1. The number of carbonyl (C=O) groups excluding carboxylic acids is 1. The number of rotatable bonds is 7. The summed E-state index contributed by atoms with van der Waals surface area (Å²) >= 11 is 0. The van der Waals surface area contributed by atoms with Crippen LogP contribution in [0.1, 0.15) is 23.7 Å². The predicted molar refractivity (Wildman–Crippen MR) is 74.2 cm³/mol. The Balaban J connectivity index is 3.06. The second-order valence-corrected chi connectivity index (χ2v) is 4.15. The second kappa shape index (κ2) is 7.41. The number of nitro groups is 1. The Morgan fingerprint density at radius 2 is 2.20 bits per heavy atom. The number of nitro benzene ring substituents is 1. The van der Waals surface area contributed by atoms with Gasteiger partial charge in [0, 0.05) is 24.7 Å². The summed E-state index contributed by atoms with van der Waals surface area (Å²) in [6.45, 7) is 2.50. The van der Waals surface area contributed by atoms with Crippen molar-refractivity contribution in [3.8, 4) is 0 Å². The number of nitrogens with zero attached hydrogens (tertiary/aromatic N) is 2. The third-order valence-electron chi connectivity index (χ3n) is 2.75. The van der Waals surface area contributed by atoms with E-state index in [1.165, 1.54) is 23.1 Å². The maximum absolute atomic E-state index is 12.3. The van der Waals surface area contributed by atoms with Gasteiger partial charge in [0.15, 0.2) is 0 Å². The van der Waals surface area contributed by atoms with Crippen LogP contribution in [0.25, 0.3) is 0 Å². The molecule has 0 bridgehead atoms. The summed E-state index contributed by atoms with van der Waals surface area (Å²) in [6.07, 6.45) is 0.751. The SMILES string of the molecule is CCCN(CCO)C(=O)c1ccc([N+](=O)[O-])c(NN)c1. The molecule has 110 valence electrons. The molecular weight excluding hydrogens is 264 g/mol. The number of nitrogens with one attached hydrogen (secondary N) is 1. The van der Waals surface area contributed by atoms with Crippen LogP contribution in [0.2, 0.25) is 0 Å². The molecule has 0 saturated carbocycles. The molecule has 0 fully saturated rings. The van der Waals surface area contributed by atoms with Gasteiger partial charge in [-0.25, -0.2) is 0 Å². The van der Waals surface area contributed by atoms with E-state index in [4.69, 9.17) is 10.9 Å². The number of hydrazine groups is 1. The first-order valence-electron chi connectivity index (χ1n) is 6.20. The van der Waals surface area contributed by atoms with Gasteiger partial charge in [-0.15, -0.1) is 0 Å². The Labute approximate surface area is 116 Å². The van der Waals surface area contributed by atoms with Gasteiger partial charge < -0.3 is 15.4 Å². The van der Waals surface area contributed by atoms with Crippen molar-refractivity contribution in [2.45, 2.75) is 13.3 Å². The van der Waals surface area contributed by atoms with Crippen LogP contribution in [0, 0.1) is 10.1 Å². The van der Waals surface area contributed by atoms with Gasteiger partial charge in [-0.2, -0.15) is 0 Å². The first-order chi connectivity index (χ1) is 9.54. The molecule has 8 nitrogen and oxygen atoms in total. The summed E-state index contributed by atoms with van der Waals surface area (Å²) in [5.74, 6) is 4.93. The largest absolute Gasteiger partial charge is 0.395 e. The quantitative estimate of drug-likeness (QED) is 0.385. The zero-order chi connectivity index (χ0) is 15.1. The fraction of sp³-hybridized carbons (Fsp3) is 0.417. The number of nitrogen functional groups attached to an aromatic ring is 1. The molecule has 8 heteroatoms. The molecule has 1 aromatic carbocycles. The van der Waals surface area contributed by atoms with E-state index in [0.29, 0.717) is 6.54 Å². The number of benzene rings is 1. The Bertz CT molecular complexity index is 486. The maximum atomic E-state index is 12.3. The summed E-state index contributed by atoms with van der Waals surface area (Å²) < 4.78 is 0. The van der Waals surface area contributed by atoms with Crippen molar-refractivity contribution < 1.29 is 14.8 Å². The predicted octanol–water partition coefficient (Wildman–Crippen LogP) is 0.725. The summed E-state index contributed by atoms with van der Waals surface area (Å²) in [7, 11) is 0. The van der Waals surface area contributed by atoms with Crippen molar-refractivity contribution in [2.24, 2.45) is 5.84 Å². The molecule has 1 amide bonds. The highest BCUT2D eigenvalue weighted by Crippen LogP contribution is 2.25. The van der Waals surface area contributed by atoms with E-state index in [9.17, 15) is 14.9 Å². The van der Waals surface area contributed by atoms with Crippen LogP contribution in [0.5, 0.6) is 0 Å². The lowest BCUT2D eigenvalue weighted by Crippen LogP contribution is -2.34. The zero-order valence-corrected chi connectivity index (χ0v) is 11.2. The number of anilines is 1. The summed E-state index contributed by atoms with van der Waals surface area (Å²) in [4.78, 5) is 23.9. The molecule has 0 aliphatic carbocycles. The smallest absolute Gasteiger partial charge is 0.293 e. The molecule has 0 spiro atoms. The molecule has 0 radical (unpaired) electrons. The van der Waals surface area contributed by atoms with Crippen LogP contribution in [-0.2, 0) is 0 Å². The summed E-state index contributed by atoms with van der Waals surface area (Å²) in [5, 5.41) is 19.7. The Morgan fingerprint density at radius 1 is 1.50 bits per heavy atom. The lowest BCUT2D eigenvalue weighted by molar-refractivity contribution is -0.384. The molecule has 1 aromatic rings. The van der Waals surface area contributed by atoms with E-state index >= 15 is 0 Å². The summed E-state index contributed by atoms with van der Waals surface area (Å²) in [6, 6.07) is 3.94. The van der Waals surface area contributed by atoms with E-state index < -0.39 is 4.92 Å². The zero-order valence-electron chi connectivity index (χ0n) is 11.2. The van der Waals surface area contributed by atoms with Gasteiger partial charge in [0.2, 0.25) is 0 Å². The van der Waals surface area contributed by atoms with Crippen molar-refractivity contribution >= 4 is 17.3 Å². The normalized spacial score (nSPS) is 10.2. The molecule has 0 atom stereocenters. The van der Waals surface area contributed by atoms with Crippen molar-refractivity contribution in [1.82, 2.24) is 4.90 Å². The van der Waals surface area contributed by atoms with Crippen LogP contribution in [0.15, 0.2) is 18.2 Å². The fourth-order valence-corrected chi connectivity index (χ4v) is 1.83. The Kier molecular flexibility index (Phi) is 5.88. The Hall–Kier alpha value is -2.19. The van der Waals surface area contributed by atoms with E-state index in [1.54, 1.807) is 0 Å². The molecule has 1 rings (SSSR count). The number of hydrogen-bond acceptors (Lipinski definition) is 6. The van der Waals surface area contributed by atoms with E-state index in [1.807, 2.05) is 6.92 Å². The molecular formula is C12H18N4O4. The number of aliphatic hydroxyl groups excluding tert-OH is 1. The topological polar surface area (TPSA) is 122 Å². The van der Waals surface area contributed by atoms with Crippen molar-refractivity contribution in [3.05, 3.63) is 33.9 Å². The van der Waals surface area contributed by atoms with Crippen LogP contribution in [-0.4, -0.2) is 40.5 Å². The van der Waals surface area contributed by atoms with Crippen molar-refractivity contribution in [3.63, 3.8) is 0 Å². The van der Waals surface area contributed by atoms with Gasteiger partial charge in [-0.1, -0.05) is 6.92 Å². The number of nitrogens with two attached hydrogens (primary N) is 1. The summed E-state index contributed by atoms with van der Waals surface area (Å²) in [5.41, 5.74) is 2.37. The number of carbonyl (C=O) groups is 1. The van der Waals surface area contributed by atoms with Crippen LogP contribution in [0.4, 0.5) is 11.4 Å². The van der Waals surface area contributed by atoms with E-state index in [0.717, 1.165) is 6.42 Å². The number of aliphatic hydroxyl groups is 1. The van der Waals surface area contributed by atoms with Crippen LogP contribution >= 0.6 is 0 Å². The lowest BCUT2D eigenvalue weighted by Gasteiger charge is -2.21. The van der Waals surface area contributed by atoms with Crippen molar-refractivity contribution in [1.29, 1.82) is 0 Å². The molecule has 0 aliphatic heterocycles. The van der Waals surface area contributed by atoms with Gasteiger partial charge in [0.25, 0.3) is 11.6 Å². The third-order valence-corrected chi connectivity index (χ3v) is 2.75. The van der Waals surface area contributed by atoms with E-state index in [2.05, 4.69) is 5.43 Å². The van der Waals surface area contributed by atoms with E-state index in [-0.39, 0.29) is 36.0 Å². The van der Waals surface area contributed by atoms with Gasteiger partial charge in [-0.3, -0.25) is 20.8 Å². The van der Waals surface area contributed by atoms with Gasteiger partial charge in [-0.05, 0) is 18.6 Å². The fourth-order valence-electron chi connectivity index (χ4n) is 1.83. The molecule has 0 heterocycles. The highest BCUT2D eigenvalue weighted by atomic mass is 16.6. The molecule has 0 unspecified atom stereocenters. The standard InChI is InChI=1S/C12H18N4O4/c1-2-5-15(6-7-17)12(18)9-3-4-11(16(19)20)10(8-9)14-13/h3-4,8,14,17H,2,5-7,13H2,1H3. The maximum Gasteiger partial charge on any atom is 0.293 e. The molecule has 0 aromatic heterocycles. The molecule has 4 N–H and O–H groups in total. The van der Waals surface area contributed by atoms with Gasteiger partial charge in [0.05, 0.1) is 11.5 Å².